The Kier molecular flexibility index (Phi) is 11.6. The Bertz CT molecular complexity index is 1450. The highest BCUT2D eigenvalue weighted by atomic mass is 35.5. The van der Waals surface area contributed by atoms with Crippen molar-refractivity contribution in [1.82, 2.24) is 10.2 Å². The fraction of sp³-hybridized carbons (Fsp3) is 0.355. The monoisotopic (exact) mass is 615 g/mol. The predicted octanol–water partition coefficient (Wildman–Crippen LogP) is 5.13. The molecular formula is C31H38ClN3O6S. The van der Waals surface area contributed by atoms with Crippen LogP contribution in [-0.4, -0.2) is 58.5 Å². The summed E-state index contributed by atoms with van der Waals surface area (Å²) in [7, 11) is -1.18. The van der Waals surface area contributed by atoms with Crippen molar-refractivity contribution in [1.29, 1.82) is 0 Å². The van der Waals surface area contributed by atoms with Crippen molar-refractivity contribution in [3.8, 4) is 11.5 Å². The number of anilines is 1. The van der Waals surface area contributed by atoms with Crippen LogP contribution < -0.4 is 19.1 Å². The highest BCUT2D eigenvalue weighted by molar-refractivity contribution is 7.92. The summed E-state index contributed by atoms with van der Waals surface area (Å²) in [5.41, 5.74) is 0.982. The highest BCUT2D eigenvalue weighted by Gasteiger charge is 2.33. The molecule has 0 aliphatic carbocycles. The zero-order valence-electron chi connectivity index (χ0n) is 24.5. The van der Waals surface area contributed by atoms with Crippen molar-refractivity contribution in [3.63, 3.8) is 0 Å². The van der Waals surface area contributed by atoms with Gasteiger partial charge in [0, 0.05) is 18.1 Å². The topological polar surface area (TPSA) is 105 Å². The molecule has 0 aliphatic rings. The molecule has 0 spiro atoms. The van der Waals surface area contributed by atoms with Crippen molar-refractivity contribution in [2.75, 3.05) is 31.6 Å². The largest absolute Gasteiger partial charge is 0.497 e. The zero-order chi connectivity index (χ0) is 30.9. The van der Waals surface area contributed by atoms with E-state index in [1.807, 2.05) is 26.8 Å². The molecule has 42 heavy (non-hydrogen) atoms. The lowest BCUT2D eigenvalue weighted by atomic mass is 10.1. The van der Waals surface area contributed by atoms with Crippen LogP contribution in [0, 0.1) is 5.92 Å². The second-order valence-electron chi connectivity index (χ2n) is 10.1. The first-order chi connectivity index (χ1) is 20.0. The number of nitrogens with one attached hydrogen (secondary N) is 1. The fourth-order valence-electron chi connectivity index (χ4n) is 4.32. The number of sulfonamides is 1. The Balaban J connectivity index is 2.05. The molecule has 9 nitrogen and oxygen atoms in total. The van der Waals surface area contributed by atoms with Crippen LogP contribution in [0.1, 0.15) is 32.8 Å². The predicted molar refractivity (Wildman–Crippen MR) is 164 cm³/mol. The quantitative estimate of drug-likeness (QED) is 0.270. The first kappa shape index (κ1) is 32.8. The van der Waals surface area contributed by atoms with E-state index >= 15 is 0 Å². The Morgan fingerprint density at radius 1 is 0.929 bits per heavy atom. The lowest BCUT2D eigenvalue weighted by molar-refractivity contribution is -0.140. The van der Waals surface area contributed by atoms with Crippen LogP contribution in [0.15, 0.2) is 77.7 Å². The smallest absolute Gasteiger partial charge is 0.264 e. The van der Waals surface area contributed by atoms with Crippen LogP contribution in [0.25, 0.3) is 0 Å². The lowest BCUT2D eigenvalue weighted by Gasteiger charge is -2.33. The van der Waals surface area contributed by atoms with E-state index in [9.17, 15) is 18.0 Å². The van der Waals surface area contributed by atoms with E-state index in [0.29, 0.717) is 29.5 Å². The molecule has 0 heterocycles. The van der Waals surface area contributed by atoms with E-state index in [0.717, 1.165) is 9.87 Å². The van der Waals surface area contributed by atoms with Crippen LogP contribution in [-0.2, 0) is 26.2 Å². The van der Waals surface area contributed by atoms with Gasteiger partial charge < -0.3 is 19.7 Å². The first-order valence-corrected chi connectivity index (χ1v) is 15.4. The van der Waals surface area contributed by atoms with Gasteiger partial charge in [-0.1, -0.05) is 44.5 Å². The molecule has 0 saturated heterocycles. The van der Waals surface area contributed by atoms with Crippen LogP contribution in [0.2, 0.25) is 5.02 Å². The average molecular weight is 616 g/mol. The summed E-state index contributed by atoms with van der Waals surface area (Å²) >= 11 is 6.09. The van der Waals surface area contributed by atoms with Gasteiger partial charge in [-0.25, -0.2) is 8.42 Å². The number of halogens is 1. The number of methoxy groups -OCH3 is 2. The third kappa shape index (κ3) is 8.39. The van der Waals surface area contributed by atoms with E-state index in [-0.39, 0.29) is 29.0 Å². The minimum absolute atomic E-state index is 0.0212. The normalized spacial score (nSPS) is 12.0. The van der Waals surface area contributed by atoms with Crippen molar-refractivity contribution in [3.05, 3.63) is 83.4 Å². The summed E-state index contributed by atoms with van der Waals surface area (Å²) in [5, 5.41) is 3.34. The molecule has 0 aromatic heterocycles. The van der Waals surface area contributed by atoms with Crippen molar-refractivity contribution in [2.24, 2.45) is 5.92 Å². The molecular weight excluding hydrogens is 578 g/mol. The van der Waals surface area contributed by atoms with Gasteiger partial charge in [0.2, 0.25) is 11.8 Å². The van der Waals surface area contributed by atoms with E-state index in [2.05, 4.69) is 5.32 Å². The highest BCUT2D eigenvalue weighted by Crippen LogP contribution is 2.27. The molecule has 3 aromatic rings. The molecule has 0 saturated carbocycles. The zero-order valence-corrected chi connectivity index (χ0v) is 26.1. The molecule has 3 aromatic carbocycles. The summed E-state index contributed by atoms with van der Waals surface area (Å²) in [4.78, 5) is 28.9. The minimum Gasteiger partial charge on any atom is -0.497 e. The van der Waals surface area contributed by atoms with Crippen LogP contribution in [0.5, 0.6) is 11.5 Å². The maximum atomic E-state index is 14.1. The molecule has 0 fully saturated rings. The summed E-state index contributed by atoms with van der Waals surface area (Å²) < 4.78 is 39.5. The number of rotatable bonds is 14. The Morgan fingerprint density at radius 3 is 2.14 bits per heavy atom. The molecule has 11 heteroatoms. The SMILES string of the molecule is CCC(C(=O)NCC(C)C)N(Cc1cccc(OC)c1)C(=O)CN(c1ccc(Cl)cc1)S(=O)(=O)c1ccc(OC)cc1. The van der Waals surface area contributed by atoms with E-state index in [1.165, 1.54) is 48.4 Å². The van der Waals surface area contributed by atoms with E-state index in [4.69, 9.17) is 21.1 Å². The van der Waals surface area contributed by atoms with Crippen molar-refractivity contribution >= 4 is 39.1 Å². The molecule has 0 bridgehead atoms. The lowest BCUT2D eigenvalue weighted by Crippen LogP contribution is -2.52. The molecule has 0 radical (unpaired) electrons. The average Bonchev–Trinajstić information content (AvgIpc) is 2.99. The van der Waals surface area contributed by atoms with Gasteiger partial charge >= 0.3 is 0 Å². The second-order valence-corrected chi connectivity index (χ2v) is 12.4. The van der Waals surface area contributed by atoms with Gasteiger partial charge in [-0.05, 0) is 78.6 Å². The molecule has 1 N–H and O–H groups in total. The third-order valence-electron chi connectivity index (χ3n) is 6.60. The maximum Gasteiger partial charge on any atom is 0.264 e. The number of ether oxygens (including phenoxy) is 2. The van der Waals surface area contributed by atoms with Gasteiger partial charge in [0.05, 0.1) is 24.8 Å². The standard InChI is InChI=1S/C31H38ClN3O6S/c1-6-29(31(37)33-19-22(2)3)34(20-23-8-7-9-27(18-23)41-5)30(36)21-35(25-12-10-24(32)11-13-25)42(38,39)28-16-14-26(40-4)15-17-28/h7-18,22,29H,6,19-21H2,1-5H3,(H,33,37). The van der Waals surface area contributed by atoms with E-state index in [1.54, 1.807) is 37.4 Å². The number of amides is 2. The number of carbonyl (C=O) groups excluding carboxylic acids is 2. The molecule has 1 atom stereocenters. The Labute approximate surface area is 253 Å². The van der Waals surface area contributed by atoms with Gasteiger partial charge in [0.25, 0.3) is 10.0 Å². The summed E-state index contributed by atoms with van der Waals surface area (Å²) in [6.45, 7) is 5.74. The molecule has 2 amide bonds. The van der Waals surface area contributed by atoms with Crippen LogP contribution in [0.3, 0.4) is 0 Å². The van der Waals surface area contributed by atoms with Gasteiger partial charge in [0.15, 0.2) is 0 Å². The summed E-state index contributed by atoms with van der Waals surface area (Å²) in [6, 6.07) is 18.5. The summed E-state index contributed by atoms with van der Waals surface area (Å²) in [5.74, 6) is 0.451. The van der Waals surface area contributed by atoms with E-state index < -0.39 is 28.5 Å². The van der Waals surface area contributed by atoms with Crippen molar-refractivity contribution < 1.29 is 27.5 Å². The Hall–Kier alpha value is -3.76. The first-order valence-electron chi connectivity index (χ1n) is 13.6. The molecule has 226 valence electrons. The second kappa shape index (κ2) is 14.9. The fourth-order valence-corrected chi connectivity index (χ4v) is 5.86. The Morgan fingerprint density at radius 2 is 1.57 bits per heavy atom. The number of benzene rings is 3. The van der Waals surface area contributed by atoms with Crippen molar-refractivity contribution in [2.45, 2.75) is 44.7 Å². The third-order valence-corrected chi connectivity index (χ3v) is 8.64. The van der Waals surface area contributed by atoms with Crippen LogP contribution >= 0.6 is 11.6 Å². The number of nitrogens with zero attached hydrogens (tertiary/aromatic N) is 2. The number of carbonyl (C=O) groups is 2. The molecule has 3 rings (SSSR count). The van der Waals surface area contributed by atoms with Gasteiger partial charge in [0.1, 0.15) is 24.1 Å². The summed E-state index contributed by atoms with van der Waals surface area (Å²) in [6.07, 6.45) is 0.325. The number of hydrogen-bond acceptors (Lipinski definition) is 6. The van der Waals surface area contributed by atoms with Gasteiger partial charge in [-0.3, -0.25) is 13.9 Å². The molecule has 0 aliphatic heterocycles. The molecule has 1 unspecified atom stereocenters. The minimum atomic E-state index is -4.21. The number of hydrogen-bond donors (Lipinski definition) is 1. The van der Waals surface area contributed by atoms with Gasteiger partial charge in [-0.2, -0.15) is 0 Å². The maximum absolute atomic E-state index is 14.1. The van der Waals surface area contributed by atoms with Gasteiger partial charge in [-0.15, -0.1) is 0 Å². The van der Waals surface area contributed by atoms with Crippen LogP contribution in [0.4, 0.5) is 5.69 Å².